The third kappa shape index (κ3) is 2.85. The Kier molecular flexibility index (Phi) is 3.45. The number of hydrogen-bond donors (Lipinski definition) is 1. The molecule has 1 unspecified atom stereocenters. The maximum atomic E-state index is 3.82. The van der Waals surface area contributed by atoms with E-state index in [2.05, 4.69) is 17.1 Å². The van der Waals surface area contributed by atoms with Gasteiger partial charge in [-0.15, -0.1) is 0 Å². The van der Waals surface area contributed by atoms with E-state index >= 15 is 0 Å². The van der Waals surface area contributed by atoms with Gasteiger partial charge in [0.25, 0.3) is 0 Å². The fraction of sp³-hybridized carbons (Fsp3) is 1.00. The van der Waals surface area contributed by atoms with Gasteiger partial charge in [0, 0.05) is 12.1 Å². The van der Waals surface area contributed by atoms with Crippen LogP contribution in [-0.2, 0) is 0 Å². The van der Waals surface area contributed by atoms with Gasteiger partial charge in [0.15, 0.2) is 0 Å². The van der Waals surface area contributed by atoms with Gasteiger partial charge in [-0.3, -0.25) is 0 Å². The van der Waals surface area contributed by atoms with Gasteiger partial charge in [-0.05, 0) is 64.1 Å². The van der Waals surface area contributed by atoms with Crippen LogP contribution in [0.15, 0.2) is 0 Å². The van der Waals surface area contributed by atoms with Crippen molar-refractivity contribution in [2.24, 2.45) is 11.8 Å². The van der Waals surface area contributed by atoms with Crippen LogP contribution in [0.1, 0.15) is 51.9 Å². The van der Waals surface area contributed by atoms with Crippen molar-refractivity contribution in [1.82, 2.24) is 10.2 Å². The predicted octanol–water partition coefficient (Wildman–Crippen LogP) is 2.64. The molecule has 0 aromatic carbocycles. The van der Waals surface area contributed by atoms with E-state index in [1.807, 2.05) is 0 Å². The molecule has 1 aliphatic heterocycles. The van der Waals surface area contributed by atoms with Gasteiger partial charge in [0.05, 0.1) is 0 Å². The fourth-order valence-electron chi connectivity index (χ4n) is 3.61. The maximum absolute atomic E-state index is 3.82. The molecule has 1 N–H and O–H groups in total. The van der Waals surface area contributed by atoms with E-state index in [4.69, 9.17) is 0 Å². The van der Waals surface area contributed by atoms with Crippen molar-refractivity contribution in [3.05, 3.63) is 0 Å². The Bertz CT molecular complexity index is 258. The molecule has 0 aromatic heterocycles. The highest BCUT2D eigenvalue weighted by Gasteiger charge is 2.42. The van der Waals surface area contributed by atoms with Crippen molar-refractivity contribution in [2.75, 3.05) is 26.2 Å². The number of nitrogens with one attached hydrogen (secondary N) is 1. The van der Waals surface area contributed by atoms with Crippen LogP contribution < -0.4 is 5.32 Å². The second kappa shape index (κ2) is 4.89. The lowest BCUT2D eigenvalue weighted by molar-refractivity contribution is 0.174. The molecule has 1 atom stereocenters. The summed E-state index contributed by atoms with van der Waals surface area (Å²) in [5.74, 6) is 2.03. The van der Waals surface area contributed by atoms with Crippen molar-refractivity contribution in [3.63, 3.8) is 0 Å². The van der Waals surface area contributed by atoms with E-state index in [1.165, 1.54) is 71.1 Å². The summed E-state index contributed by atoms with van der Waals surface area (Å²) in [6, 6.07) is 0. The lowest BCUT2D eigenvalue weighted by atomic mass is 9.83. The molecule has 3 rings (SSSR count). The molecule has 2 saturated carbocycles. The normalized spacial score (nSPS) is 36.5. The summed E-state index contributed by atoms with van der Waals surface area (Å²) in [5, 5.41) is 3.82. The molecule has 98 valence electrons. The van der Waals surface area contributed by atoms with E-state index in [0.717, 1.165) is 11.8 Å². The Balaban J connectivity index is 1.51. The van der Waals surface area contributed by atoms with Crippen molar-refractivity contribution in [2.45, 2.75) is 57.4 Å². The zero-order valence-electron chi connectivity index (χ0n) is 11.4. The first-order chi connectivity index (χ1) is 8.26. The van der Waals surface area contributed by atoms with Gasteiger partial charge in [-0.1, -0.05) is 19.3 Å². The first-order valence-corrected chi connectivity index (χ1v) is 7.74. The predicted molar refractivity (Wildman–Crippen MR) is 72.1 cm³/mol. The summed E-state index contributed by atoms with van der Waals surface area (Å²) < 4.78 is 0. The van der Waals surface area contributed by atoms with E-state index in [9.17, 15) is 0 Å². The third-order valence-corrected chi connectivity index (χ3v) is 5.29. The van der Waals surface area contributed by atoms with Crippen molar-refractivity contribution in [1.29, 1.82) is 0 Å². The summed E-state index contributed by atoms with van der Waals surface area (Å²) in [5.41, 5.74) is 0.427. The molecule has 17 heavy (non-hydrogen) atoms. The van der Waals surface area contributed by atoms with Crippen LogP contribution >= 0.6 is 0 Å². The summed E-state index contributed by atoms with van der Waals surface area (Å²) in [4.78, 5) is 2.75. The van der Waals surface area contributed by atoms with Crippen LogP contribution in [0.25, 0.3) is 0 Å². The topological polar surface area (TPSA) is 15.3 Å². The SMILES string of the molecule is CC1(C2CC2)CN(CCC2CCC2)CCCN1. The van der Waals surface area contributed by atoms with Crippen LogP contribution in [-0.4, -0.2) is 36.6 Å². The van der Waals surface area contributed by atoms with Crippen molar-refractivity contribution < 1.29 is 0 Å². The lowest BCUT2D eigenvalue weighted by Gasteiger charge is -2.35. The molecule has 2 heteroatoms. The monoisotopic (exact) mass is 236 g/mol. The smallest absolute Gasteiger partial charge is 0.0308 e. The molecule has 0 aromatic rings. The van der Waals surface area contributed by atoms with Crippen molar-refractivity contribution in [3.8, 4) is 0 Å². The van der Waals surface area contributed by atoms with Crippen LogP contribution in [0.2, 0.25) is 0 Å². The Labute approximate surface area is 106 Å². The molecule has 3 aliphatic rings. The third-order valence-electron chi connectivity index (χ3n) is 5.29. The van der Waals surface area contributed by atoms with Gasteiger partial charge in [-0.2, -0.15) is 0 Å². The number of rotatable bonds is 4. The summed E-state index contributed by atoms with van der Waals surface area (Å²) >= 11 is 0. The Morgan fingerprint density at radius 1 is 1.18 bits per heavy atom. The second-order valence-electron chi connectivity index (χ2n) is 6.83. The minimum atomic E-state index is 0.427. The van der Waals surface area contributed by atoms with Gasteiger partial charge < -0.3 is 10.2 Å². The van der Waals surface area contributed by atoms with Crippen molar-refractivity contribution >= 4 is 0 Å². The standard InChI is InChI=1S/C15H28N2/c1-15(14-6-7-14)12-17(10-3-9-16-15)11-8-13-4-2-5-13/h13-14,16H,2-12H2,1H3. The lowest BCUT2D eigenvalue weighted by Crippen LogP contribution is -2.51. The van der Waals surface area contributed by atoms with Crippen LogP contribution in [0.3, 0.4) is 0 Å². The molecule has 0 amide bonds. The highest BCUT2D eigenvalue weighted by atomic mass is 15.2. The molecular weight excluding hydrogens is 208 g/mol. The maximum Gasteiger partial charge on any atom is 0.0308 e. The van der Waals surface area contributed by atoms with E-state index in [0.29, 0.717) is 5.54 Å². The molecular formula is C15H28N2. The largest absolute Gasteiger partial charge is 0.310 e. The summed E-state index contributed by atoms with van der Waals surface area (Å²) in [6.45, 7) is 7.67. The molecule has 2 aliphatic carbocycles. The molecule has 2 nitrogen and oxygen atoms in total. The molecule has 0 radical (unpaired) electrons. The first-order valence-electron chi connectivity index (χ1n) is 7.74. The second-order valence-corrected chi connectivity index (χ2v) is 6.83. The molecule has 0 bridgehead atoms. The highest BCUT2D eigenvalue weighted by Crippen LogP contribution is 2.40. The zero-order valence-corrected chi connectivity index (χ0v) is 11.4. The Morgan fingerprint density at radius 2 is 2.00 bits per heavy atom. The Morgan fingerprint density at radius 3 is 2.65 bits per heavy atom. The summed E-state index contributed by atoms with van der Waals surface area (Å²) in [6.07, 6.45) is 10.2. The highest BCUT2D eigenvalue weighted by molar-refractivity contribution is 5.01. The quantitative estimate of drug-likeness (QED) is 0.807. The van der Waals surface area contributed by atoms with E-state index in [-0.39, 0.29) is 0 Å². The number of nitrogens with zero attached hydrogens (tertiary/aromatic N) is 1. The van der Waals surface area contributed by atoms with Gasteiger partial charge in [0.2, 0.25) is 0 Å². The zero-order chi connectivity index (χ0) is 11.7. The summed E-state index contributed by atoms with van der Waals surface area (Å²) in [7, 11) is 0. The van der Waals surface area contributed by atoms with Crippen LogP contribution in [0, 0.1) is 11.8 Å². The van der Waals surface area contributed by atoms with Gasteiger partial charge in [-0.25, -0.2) is 0 Å². The van der Waals surface area contributed by atoms with E-state index < -0.39 is 0 Å². The number of hydrogen-bond acceptors (Lipinski definition) is 2. The van der Waals surface area contributed by atoms with Gasteiger partial charge >= 0.3 is 0 Å². The molecule has 1 saturated heterocycles. The molecule has 0 spiro atoms. The Hall–Kier alpha value is -0.0800. The average Bonchev–Trinajstić information content (AvgIpc) is 3.02. The molecule has 3 fully saturated rings. The van der Waals surface area contributed by atoms with E-state index in [1.54, 1.807) is 0 Å². The van der Waals surface area contributed by atoms with Crippen LogP contribution in [0.5, 0.6) is 0 Å². The van der Waals surface area contributed by atoms with Gasteiger partial charge in [0.1, 0.15) is 0 Å². The minimum Gasteiger partial charge on any atom is -0.310 e. The first kappa shape index (κ1) is 12.0. The average molecular weight is 236 g/mol. The molecule has 1 heterocycles. The fourth-order valence-corrected chi connectivity index (χ4v) is 3.61. The van der Waals surface area contributed by atoms with Crippen LogP contribution in [0.4, 0.5) is 0 Å². The minimum absolute atomic E-state index is 0.427.